The van der Waals surface area contributed by atoms with Crippen molar-refractivity contribution in [1.82, 2.24) is 5.32 Å². The fourth-order valence-electron chi connectivity index (χ4n) is 4.09. The van der Waals surface area contributed by atoms with Crippen LogP contribution in [0, 0.1) is 11.7 Å². The molecule has 0 spiro atoms. The monoisotopic (exact) mass is 480 g/mol. The van der Waals surface area contributed by atoms with Gasteiger partial charge in [0, 0.05) is 10.9 Å². The van der Waals surface area contributed by atoms with Gasteiger partial charge in [0.15, 0.2) is 16.4 Å². The van der Waals surface area contributed by atoms with Crippen LogP contribution in [0.5, 0.6) is 5.75 Å². The molecule has 2 unspecified atom stereocenters. The molecular formula is C22H25FN2O5S2. The van der Waals surface area contributed by atoms with Gasteiger partial charge in [0.2, 0.25) is 0 Å². The summed E-state index contributed by atoms with van der Waals surface area (Å²) in [7, 11) is -3.12. The summed E-state index contributed by atoms with van der Waals surface area (Å²) >= 11 is 1.39. The molecule has 2 N–H and O–H groups in total. The lowest BCUT2D eigenvalue weighted by molar-refractivity contribution is -0.118. The first-order valence-corrected chi connectivity index (χ1v) is 13.2. The van der Waals surface area contributed by atoms with E-state index in [1.807, 2.05) is 0 Å². The standard InChI is InChI=1S/C22H25FN2O5S2/c1-13-2-7-17-18(10-13)31-22(20(17)21(27)24-15-8-9-32(28,29)12-15)25-19(26)11-30-16-5-3-14(23)4-6-16/h3-6,13,15H,2,7-12H2,1H3,(H,24,27)(H,25,26). The second kappa shape index (κ2) is 9.19. The van der Waals surface area contributed by atoms with E-state index in [2.05, 4.69) is 17.6 Å². The molecule has 2 amide bonds. The van der Waals surface area contributed by atoms with Crippen molar-refractivity contribution >= 4 is 38.0 Å². The van der Waals surface area contributed by atoms with Gasteiger partial charge in [-0.05, 0) is 61.4 Å². The Morgan fingerprint density at radius 1 is 1.22 bits per heavy atom. The molecule has 1 aromatic heterocycles. The van der Waals surface area contributed by atoms with Crippen molar-refractivity contribution in [1.29, 1.82) is 0 Å². The lowest BCUT2D eigenvalue weighted by Crippen LogP contribution is -2.36. The summed E-state index contributed by atoms with van der Waals surface area (Å²) < 4.78 is 41.9. The molecule has 1 aromatic carbocycles. The smallest absolute Gasteiger partial charge is 0.262 e. The maximum Gasteiger partial charge on any atom is 0.262 e. The summed E-state index contributed by atoms with van der Waals surface area (Å²) in [4.78, 5) is 26.7. The second-order valence-electron chi connectivity index (χ2n) is 8.42. The largest absolute Gasteiger partial charge is 0.484 e. The molecule has 2 heterocycles. The molecule has 1 saturated heterocycles. The molecule has 0 bridgehead atoms. The van der Waals surface area contributed by atoms with Crippen molar-refractivity contribution in [2.75, 3.05) is 23.4 Å². The van der Waals surface area contributed by atoms with Crippen LogP contribution in [0.25, 0.3) is 0 Å². The third kappa shape index (κ3) is 5.29. The molecule has 0 saturated carbocycles. The number of carbonyl (C=O) groups is 2. The number of amides is 2. The predicted octanol–water partition coefficient (Wildman–Crippen LogP) is 2.95. The number of nitrogens with one attached hydrogen (secondary N) is 2. The van der Waals surface area contributed by atoms with Crippen LogP contribution in [0.1, 0.15) is 40.6 Å². The molecule has 172 valence electrons. The van der Waals surface area contributed by atoms with E-state index < -0.39 is 27.6 Å². The second-order valence-corrected chi connectivity index (χ2v) is 11.8. The number of benzene rings is 1. The first-order valence-electron chi connectivity index (χ1n) is 10.5. The van der Waals surface area contributed by atoms with Crippen LogP contribution in [0.3, 0.4) is 0 Å². The minimum absolute atomic E-state index is 0.0602. The molecule has 7 nitrogen and oxygen atoms in total. The van der Waals surface area contributed by atoms with Gasteiger partial charge in [-0.1, -0.05) is 6.92 Å². The normalized spacial score (nSPS) is 21.6. The molecular weight excluding hydrogens is 455 g/mol. The number of halogens is 1. The Labute approximate surface area is 190 Å². The number of rotatable bonds is 6. The van der Waals surface area contributed by atoms with E-state index in [-0.39, 0.29) is 24.0 Å². The predicted molar refractivity (Wildman–Crippen MR) is 121 cm³/mol. The Kier molecular flexibility index (Phi) is 6.52. The zero-order chi connectivity index (χ0) is 22.9. The van der Waals surface area contributed by atoms with E-state index in [0.717, 1.165) is 29.7 Å². The minimum atomic E-state index is -3.12. The Balaban J connectivity index is 1.49. The van der Waals surface area contributed by atoms with E-state index in [0.29, 0.717) is 28.7 Å². The Morgan fingerprint density at radius 2 is 1.97 bits per heavy atom. The number of sulfone groups is 1. The highest BCUT2D eigenvalue weighted by molar-refractivity contribution is 7.91. The van der Waals surface area contributed by atoms with E-state index in [9.17, 15) is 22.4 Å². The van der Waals surface area contributed by atoms with Gasteiger partial charge in [-0.2, -0.15) is 0 Å². The van der Waals surface area contributed by atoms with Gasteiger partial charge >= 0.3 is 0 Å². The average molecular weight is 481 g/mol. The molecule has 10 heteroatoms. The lowest BCUT2D eigenvalue weighted by Gasteiger charge is -2.19. The Bertz CT molecular complexity index is 1130. The van der Waals surface area contributed by atoms with Crippen molar-refractivity contribution in [3.8, 4) is 5.75 Å². The van der Waals surface area contributed by atoms with Gasteiger partial charge < -0.3 is 15.4 Å². The highest BCUT2D eigenvalue weighted by Crippen LogP contribution is 2.39. The molecule has 2 aliphatic rings. The van der Waals surface area contributed by atoms with Gasteiger partial charge in [0.1, 0.15) is 16.6 Å². The molecule has 32 heavy (non-hydrogen) atoms. The first kappa shape index (κ1) is 22.7. The van der Waals surface area contributed by atoms with Crippen LogP contribution in [0.2, 0.25) is 0 Å². The number of hydrogen-bond donors (Lipinski definition) is 2. The summed E-state index contributed by atoms with van der Waals surface area (Å²) in [6.45, 7) is 1.87. The van der Waals surface area contributed by atoms with E-state index >= 15 is 0 Å². The number of ether oxygens (including phenoxy) is 1. The van der Waals surface area contributed by atoms with Gasteiger partial charge in [-0.15, -0.1) is 11.3 Å². The van der Waals surface area contributed by atoms with Crippen molar-refractivity contribution < 1.29 is 27.1 Å². The summed E-state index contributed by atoms with van der Waals surface area (Å²) in [6, 6.07) is 4.93. The van der Waals surface area contributed by atoms with Crippen LogP contribution in [0.4, 0.5) is 9.39 Å². The molecule has 2 aromatic rings. The molecule has 2 atom stereocenters. The zero-order valence-electron chi connectivity index (χ0n) is 17.6. The van der Waals surface area contributed by atoms with Crippen LogP contribution in [-0.2, 0) is 27.5 Å². The number of thiophene rings is 1. The Hall–Kier alpha value is -2.46. The summed E-state index contributed by atoms with van der Waals surface area (Å²) in [5.74, 6) is -0.321. The van der Waals surface area contributed by atoms with Gasteiger partial charge in [-0.3, -0.25) is 9.59 Å². The quantitative estimate of drug-likeness (QED) is 0.662. The topological polar surface area (TPSA) is 102 Å². The summed E-state index contributed by atoms with van der Waals surface area (Å²) in [6.07, 6.45) is 2.91. The maximum absolute atomic E-state index is 13.1. The number of fused-ring (bicyclic) bond motifs is 1. The van der Waals surface area contributed by atoms with Crippen LogP contribution >= 0.6 is 11.3 Å². The van der Waals surface area contributed by atoms with Crippen LogP contribution < -0.4 is 15.4 Å². The third-order valence-electron chi connectivity index (χ3n) is 5.74. The highest BCUT2D eigenvalue weighted by Gasteiger charge is 2.33. The van der Waals surface area contributed by atoms with Crippen LogP contribution in [-0.4, -0.2) is 44.4 Å². The van der Waals surface area contributed by atoms with E-state index in [1.54, 1.807) is 0 Å². The molecule has 0 radical (unpaired) electrons. The van der Waals surface area contributed by atoms with Crippen molar-refractivity contribution in [2.24, 2.45) is 5.92 Å². The average Bonchev–Trinajstić information content (AvgIpc) is 3.25. The minimum Gasteiger partial charge on any atom is -0.484 e. The molecule has 4 rings (SSSR count). The number of hydrogen-bond acceptors (Lipinski definition) is 6. The first-order chi connectivity index (χ1) is 15.2. The third-order valence-corrected chi connectivity index (χ3v) is 8.68. The van der Waals surface area contributed by atoms with Gasteiger partial charge in [0.25, 0.3) is 11.8 Å². The van der Waals surface area contributed by atoms with Gasteiger partial charge in [-0.25, -0.2) is 12.8 Å². The maximum atomic E-state index is 13.1. The molecule has 1 aliphatic carbocycles. The zero-order valence-corrected chi connectivity index (χ0v) is 19.3. The van der Waals surface area contributed by atoms with Crippen LogP contribution in [0.15, 0.2) is 24.3 Å². The molecule has 1 aliphatic heterocycles. The number of carbonyl (C=O) groups excluding carboxylic acids is 2. The number of anilines is 1. The summed E-state index contributed by atoms with van der Waals surface area (Å²) in [5.41, 5.74) is 1.36. The van der Waals surface area contributed by atoms with Crippen molar-refractivity contribution in [2.45, 2.75) is 38.6 Å². The Morgan fingerprint density at radius 3 is 2.66 bits per heavy atom. The SMILES string of the molecule is CC1CCc2c(sc(NC(=O)COc3ccc(F)cc3)c2C(=O)NC2CCS(=O)(=O)C2)C1. The van der Waals surface area contributed by atoms with Gasteiger partial charge in [0.05, 0.1) is 17.1 Å². The van der Waals surface area contributed by atoms with E-state index in [4.69, 9.17) is 4.74 Å². The lowest BCUT2D eigenvalue weighted by atomic mass is 9.88. The van der Waals surface area contributed by atoms with E-state index in [1.165, 1.54) is 35.6 Å². The van der Waals surface area contributed by atoms with Crippen molar-refractivity contribution in [3.63, 3.8) is 0 Å². The van der Waals surface area contributed by atoms with Crippen molar-refractivity contribution in [3.05, 3.63) is 46.1 Å². The summed E-state index contributed by atoms with van der Waals surface area (Å²) in [5, 5.41) is 6.09. The highest BCUT2D eigenvalue weighted by atomic mass is 32.2. The fraction of sp³-hybridized carbons (Fsp3) is 0.455. The fourth-order valence-corrected chi connectivity index (χ4v) is 7.19. The molecule has 1 fully saturated rings.